The molecular formula is C17H27FN4O3. The number of hydrogen-bond donors (Lipinski definition) is 3. The molecule has 25 heavy (non-hydrogen) atoms. The molecule has 1 unspecified atom stereocenters. The van der Waals surface area contributed by atoms with Gasteiger partial charge in [-0.2, -0.15) is 0 Å². The van der Waals surface area contributed by atoms with Crippen LogP contribution in [-0.4, -0.2) is 52.3 Å². The highest BCUT2D eigenvalue weighted by atomic mass is 19.1. The zero-order valence-corrected chi connectivity index (χ0v) is 15.2. The highest BCUT2D eigenvalue weighted by Crippen LogP contribution is 2.21. The smallest absolute Gasteiger partial charge is 0.241 e. The van der Waals surface area contributed by atoms with Crippen LogP contribution in [0.5, 0.6) is 5.75 Å². The molecule has 1 rings (SSSR count). The van der Waals surface area contributed by atoms with Gasteiger partial charge in [0, 0.05) is 20.2 Å². The summed E-state index contributed by atoms with van der Waals surface area (Å²) in [4.78, 5) is 15.9. The molecule has 0 fully saturated rings. The van der Waals surface area contributed by atoms with Gasteiger partial charge in [0.1, 0.15) is 6.54 Å². The Morgan fingerprint density at radius 1 is 1.32 bits per heavy atom. The Labute approximate surface area is 148 Å². The van der Waals surface area contributed by atoms with Crippen molar-refractivity contribution in [3.8, 4) is 5.75 Å². The van der Waals surface area contributed by atoms with Gasteiger partial charge in [-0.3, -0.25) is 4.79 Å². The lowest BCUT2D eigenvalue weighted by Crippen LogP contribution is -2.40. The highest BCUT2D eigenvalue weighted by molar-refractivity contribution is 5.85. The third kappa shape index (κ3) is 7.38. The zero-order valence-electron chi connectivity index (χ0n) is 15.2. The predicted molar refractivity (Wildman–Crippen MR) is 95.4 cm³/mol. The van der Waals surface area contributed by atoms with Crippen LogP contribution in [0.3, 0.4) is 0 Å². The molecule has 0 saturated heterocycles. The van der Waals surface area contributed by atoms with Crippen LogP contribution < -0.4 is 20.7 Å². The van der Waals surface area contributed by atoms with E-state index in [4.69, 9.17) is 9.47 Å². The van der Waals surface area contributed by atoms with Crippen molar-refractivity contribution in [2.75, 3.05) is 40.5 Å². The average molecular weight is 354 g/mol. The first-order valence-electron chi connectivity index (χ1n) is 8.15. The Kier molecular flexibility index (Phi) is 9.31. The number of hydrogen-bond acceptors (Lipinski definition) is 4. The Balaban J connectivity index is 2.67. The predicted octanol–water partition coefficient (Wildman–Crippen LogP) is 1.21. The summed E-state index contributed by atoms with van der Waals surface area (Å²) in [6.45, 7) is 5.33. The third-order valence-corrected chi connectivity index (χ3v) is 3.38. The number of guanidine groups is 1. The van der Waals surface area contributed by atoms with Gasteiger partial charge in [-0.1, -0.05) is 6.07 Å². The first-order valence-corrected chi connectivity index (χ1v) is 8.15. The molecular weight excluding hydrogens is 327 g/mol. The minimum absolute atomic E-state index is 0.0112. The van der Waals surface area contributed by atoms with Crippen molar-refractivity contribution in [3.05, 3.63) is 29.6 Å². The largest absolute Gasteiger partial charge is 0.494 e. The molecule has 140 valence electrons. The van der Waals surface area contributed by atoms with Gasteiger partial charge in [-0.15, -0.1) is 0 Å². The number of methoxy groups -OCH3 is 2. The molecule has 1 amide bonds. The number of amides is 1. The second kappa shape index (κ2) is 11.2. The summed E-state index contributed by atoms with van der Waals surface area (Å²) in [7, 11) is 2.99. The van der Waals surface area contributed by atoms with Crippen molar-refractivity contribution < 1.29 is 18.7 Å². The molecule has 1 atom stereocenters. The molecule has 0 radical (unpaired) electrons. The number of nitrogens with zero attached hydrogens (tertiary/aromatic N) is 1. The maximum atomic E-state index is 13.8. The van der Waals surface area contributed by atoms with E-state index < -0.39 is 5.82 Å². The normalized spacial score (nSPS) is 12.4. The molecule has 0 aliphatic rings. The fourth-order valence-electron chi connectivity index (χ4n) is 2.06. The van der Waals surface area contributed by atoms with E-state index in [-0.39, 0.29) is 24.2 Å². The van der Waals surface area contributed by atoms with Crippen LogP contribution in [0.25, 0.3) is 0 Å². The summed E-state index contributed by atoms with van der Waals surface area (Å²) in [5.74, 6) is 0.0582. The van der Waals surface area contributed by atoms with E-state index in [1.165, 1.54) is 13.2 Å². The Morgan fingerprint density at radius 3 is 2.68 bits per heavy atom. The van der Waals surface area contributed by atoms with Gasteiger partial charge in [0.05, 0.1) is 19.8 Å². The fourth-order valence-corrected chi connectivity index (χ4v) is 2.06. The minimum atomic E-state index is -0.423. The number of ether oxygens (including phenoxy) is 2. The molecule has 0 heterocycles. The van der Waals surface area contributed by atoms with Crippen LogP contribution in [0.15, 0.2) is 23.2 Å². The first kappa shape index (κ1) is 20.7. The lowest BCUT2D eigenvalue weighted by molar-refractivity contribution is -0.119. The maximum Gasteiger partial charge on any atom is 0.241 e. The fraction of sp³-hybridized carbons (Fsp3) is 0.529. The molecule has 0 aliphatic carbocycles. The van der Waals surface area contributed by atoms with E-state index in [9.17, 15) is 9.18 Å². The van der Waals surface area contributed by atoms with Crippen LogP contribution in [0, 0.1) is 5.82 Å². The number of carbonyl (C=O) groups is 1. The molecule has 0 aromatic heterocycles. The van der Waals surface area contributed by atoms with Gasteiger partial charge in [0.2, 0.25) is 5.91 Å². The van der Waals surface area contributed by atoms with Crippen LogP contribution >= 0.6 is 0 Å². The van der Waals surface area contributed by atoms with E-state index in [2.05, 4.69) is 20.9 Å². The molecule has 3 N–H and O–H groups in total. The van der Waals surface area contributed by atoms with E-state index in [0.717, 1.165) is 5.56 Å². The van der Waals surface area contributed by atoms with Crippen molar-refractivity contribution in [1.82, 2.24) is 16.0 Å². The Bertz CT molecular complexity index is 581. The van der Waals surface area contributed by atoms with Crippen LogP contribution in [0.4, 0.5) is 4.39 Å². The molecule has 0 bridgehead atoms. The SMILES string of the molecule is CCNC(=NCC(=O)NCCOC)NC(C)c1ccc(OC)c(F)c1. The van der Waals surface area contributed by atoms with E-state index in [0.29, 0.717) is 25.7 Å². The van der Waals surface area contributed by atoms with Crippen molar-refractivity contribution in [3.63, 3.8) is 0 Å². The van der Waals surface area contributed by atoms with E-state index >= 15 is 0 Å². The molecule has 1 aromatic carbocycles. The Morgan fingerprint density at radius 2 is 2.08 bits per heavy atom. The summed E-state index contributed by atoms with van der Waals surface area (Å²) in [5.41, 5.74) is 0.744. The quantitative estimate of drug-likeness (QED) is 0.353. The summed E-state index contributed by atoms with van der Waals surface area (Å²) in [6, 6.07) is 4.57. The number of rotatable bonds is 9. The van der Waals surface area contributed by atoms with E-state index in [1.807, 2.05) is 13.8 Å². The van der Waals surface area contributed by atoms with Crippen LogP contribution in [-0.2, 0) is 9.53 Å². The summed E-state index contributed by atoms with van der Waals surface area (Å²) >= 11 is 0. The molecule has 0 spiro atoms. The average Bonchev–Trinajstić information content (AvgIpc) is 2.60. The highest BCUT2D eigenvalue weighted by Gasteiger charge is 2.11. The van der Waals surface area contributed by atoms with Gasteiger partial charge >= 0.3 is 0 Å². The lowest BCUT2D eigenvalue weighted by atomic mass is 10.1. The topological polar surface area (TPSA) is 84.0 Å². The van der Waals surface area contributed by atoms with Gasteiger partial charge in [-0.25, -0.2) is 9.38 Å². The summed E-state index contributed by atoms with van der Waals surface area (Å²) in [5, 5.41) is 8.90. The number of carbonyl (C=O) groups excluding carboxylic acids is 1. The summed E-state index contributed by atoms with van der Waals surface area (Å²) in [6.07, 6.45) is 0. The number of benzene rings is 1. The van der Waals surface area contributed by atoms with Gasteiger partial charge in [-0.05, 0) is 31.5 Å². The second-order valence-electron chi connectivity index (χ2n) is 5.30. The second-order valence-corrected chi connectivity index (χ2v) is 5.30. The van der Waals surface area contributed by atoms with Gasteiger partial charge < -0.3 is 25.4 Å². The molecule has 0 saturated carbocycles. The van der Waals surface area contributed by atoms with Gasteiger partial charge in [0.25, 0.3) is 0 Å². The lowest BCUT2D eigenvalue weighted by Gasteiger charge is -2.18. The molecule has 7 nitrogen and oxygen atoms in total. The summed E-state index contributed by atoms with van der Waals surface area (Å²) < 4.78 is 23.6. The molecule has 1 aromatic rings. The number of aliphatic imine (C=N–C) groups is 1. The number of nitrogens with one attached hydrogen (secondary N) is 3. The Hall–Kier alpha value is -2.35. The van der Waals surface area contributed by atoms with Crippen molar-refractivity contribution >= 4 is 11.9 Å². The molecule has 8 heteroatoms. The maximum absolute atomic E-state index is 13.8. The zero-order chi connectivity index (χ0) is 18.7. The molecule has 0 aliphatic heterocycles. The van der Waals surface area contributed by atoms with E-state index in [1.54, 1.807) is 19.2 Å². The first-order chi connectivity index (χ1) is 12.0. The van der Waals surface area contributed by atoms with Crippen LogP contribution in [0.1, 0.15) is 25.5 Å². The van der Waals surface area contributed by atoms with Crippen LogP contribution in [0.2, 0.25) is 0 Å². The standard InChI is InChI=1S/C17H27FN4O3/c1-5-19-17(21-11-16(23)20-8-9-24-3)22-12(2)13-6-7-15(25-4)14(18)10-13/h6-7,10,12H,5,8-9,11H2,1-4H3,(H,20,23)(H2,19,21,22). The van der Waals surface area contributed by atoms with Gasteiger partial charge in [0.15, 0.2) is 17.5 Å². The number of halogens is 1. The minimum Gasteiger partial charge on any atom is -0.494 e. The van der Waals surface area contributed by atoms with Crippen molar-refractivity contribution in [2.45, 2.75) is 19.9 Å². The third-order valence-electron chi connectivity index (χ3n) is 3.38. The van der Waals surface area contributed by atoms with Crippen molar-refractivity contribution in [1.29, 1.82) is 0 Å². The monoisotopic (exact) mass is 354 g/mol. The van der Waals surface area contributed by atoms with Crippen molar-refractivity contribution in [2.24, 2.45) is 4.99 Å².